The Labute approximate surface area is 95.3 Å². The quantitative estimate of drug-likeness (QED) is 0.762. The van der Waals surface area contributed by atoms with Crippen LogP contribution in [0.15, 0.2) is 24.3 Å². The van der Waals surface area contributed by atoms with E-state index < -0.39 is 0 Å². The van der Waals surface area contributed by atoms with Crippen molar-refractivity contribution in [2.24, 2.45) is 0 Å². The van der Waals surface area contributed by atoms with E-state index in [0.717, 1.165) is 12.0 Å². The standard InChI is InChI=1S/C13H15NO2/c1-3-14(2)13(15)16-12-8-7-10-5-4-6-11(10)9-12/h4,6-9H,3,5H2,1-2H3. The number of carbonyl (C=O) groups excluding carboxylic acids is 1. The molecule has 84 valence electrons. The molecular weight excluding hydrogens is 202 g/mol. The van der Waals surface area contributed by atoms with E-state index >= 15 is 0 Å². The van der Waals surface area contributed by atoms with Crippen LogP contribution in [0.25, 0.3) is 6.08 Å². The summed E-state index contributed by atoms with van der Waals surface area (Å²) in [5.74, 6) is 0.607. The van der Waals surface area contributed by atoms with Gasteiger partial charge in [-0.3, -0.25) is 0 Å². The minimum Gasteiger partial charge on any atom is -0.410 e. The van der Waals surface area contributed by atoms with Crippen LogP contribution in [0, 0.1) is 0 Å². The fourth-order valence-electron chi connectivity index (χ4n) is 1.60. The van der Waals surface area contributed by atoms with Gasteiger partial charge in [0.05, 0.1) is 0 Å². The number of fused-ring (bicyclic) bond motifs is 1. The molecule has 1 aliphatic rings. The highest BCUT2D eigenvalue weighted by Crippen LogP contribution is 2.24. The van der Waals surface area contributed by atoms with E-state index in [9.17, 15) is 4.79 Å². The van der Waals surface area contributed by atoms with Gasteiger partial charge in [-0.05, 0) is 36.6 Å². The molecule has 0 saturated carbocycles. The number of benzene rings is 1. The zero-order valence-electron chi connectivity index (χ0n) is 9.56. The summed E-state index contributed by atoms with van der Waals surface area (Å²) in [5.41, 5.74) is 2.42. The molecule has 0 heterocycles. The topological polar surface area (TPSA) is 29.5 Å². The first-order chi connectivity index (χ1) is 7.70. The first kappa shape index (κ1) is 10.7. The molecule has 0 aromatic heterocycles. The lowest BCUT2D eigenvalue weighted by molar-refractivity contribution is 0.165. The number of hydrogen-bond acceptors (Lipinski definition) is 2. The van der Waals surface area contributed by atoms with Crippen molar-refractivity contribution in [3.63, 3.8) is 0 Å². The predicted molar refractivity (Wildman–Crippen MR) is 63.5 cm³/mol. The summed E-state index contributed by atoms with van der Waals surface area (Å²) in [7, 11) is 1.72. The molecule has 0 N–H and O–H groups in total. The number of nitrogens with zero attached hydrogens (tertiary/aromatic N) is 1. The van der Waals surface area contributed by atoms with Crippen molar-refractivity contribution in [3.8, 4) is 5.75 Å². The summed E-state index contributed by atoms with van der Waals surface area (Å²) in [5, 5.41) is 0. The van der Waals surface area contributed by atoms with Gasteiger partial charge in [0, 0.05) is 13.6 Å². The third-order valence-electron chi connectivity index (χ3n) is 2.74. The Balaban J connectivity index is 2.11. The molecule has 2 rings (SSSR count). The molecule has 0 radical (unpaired) electrons. The first-order valence-corrected chi connectivity index (χ1v) is 5.43. The third kappa shape index (κ3) is 2.08. The Morgan fingerprint density at radius 3 is 3.06 bits per heavy atom. The van der Waals surface area contributed by atoms with Crippen LogP contribution in [-0.4, -0.2) is 24.6 Å². The Morgan fingerprint density at radius 2 is 2.31 bits per heavy atom. The lowest BCUT2D eigenvalue weighted by atomic mass is 10.1. The van der Waals surface area contributed by atoms with Crippen LogP contribution in [-0.2, 0) is 6.42 Å². The molecule has 1 aliphatic carbocycles. The summed E-state index contributed by atoms with van der Waals surface area (Å²) >= 11 is 0. The fraction of sp³-hybridized carbons (Fsp3) is 0.308. The second kappa shape index (κ2) is 4.39. The molecule has 0 saturated heterocycles. The Bertz CT molecular complexity index is 438. The fourth-order valence-corrected chi connectivity index (χ4v) is 1.60. The minimum absolute atomic E-state index is 0.315. The number of allylic oxidation sites excluding steroid dienone is 1. The van der Waals surface area contributed by atoms with Crippen LogP contribution in [0.4, 0.5) is 4.79 Å². The maximum absolute atomic E-state index is 11.5. The van der Waals surface area contributed by atoms with Gasteiger partial charge in [0.25, 0.3) is 0 Å². The predicted octanol–water partition coefficient (Wildman–Crippen LogP) is 2.71. The van der Waals surface area contributed by atoms with Crippen LogP contribution < -0.4 is 4.74 Å². The van der Waals surface area contributed by atoms with E-state index in [-0.39, 0.29) is 6.09 Å². The highest BCUT2D eigenvalue weighted by Gasteiger charge is 2.11. The van der Waals surface area contributed by atoms with Gasteiger partial charge in [0.1, 0.15) is 5.75 Å². The largest absolute Gasteiger partial charge is 0.414 e. The number of rotatable bonds is 2. The Hall–Kier alpha value is -1.77. The molecule has 0 bridgehead atoms. The van der Waals surface area contributed by atoms with Crippen molar-refractivity contribution in [2.45, 2.75) is 13.3 Å². The lowest BCUT2D eigenvalue weighted by Gasteiger charge is -2.14. The zero-order chi connectivity index (χ0) is 11.5. The number of carbonyl (C=O) groups is 1. The molecule has 3 heteroatoms. The van der Waals surface area contributed by atoms with E-state index in [1.54, 1.807) is 7.05 Å². The maximum atomic E-state index is 11.5. The monoisotopic (exact) mass is 217 g/mol. The van der Waals surface area contributed by atoms with Crippen molar-refractivity contribution in [1.82, 2.24) is 4.90 Å². The van der Waals surface area contributed by atoms with Crippen LogP contribution >= 0.6 is 0 Å². The van der Waals surface area contributed by atoms with Gasteiger partial charge in [-0.1, -0.05) is 18.2 Å². The first-order valence-electron chi connectivity index (χ1n) is 5.43. The SMILES string of the molecule is CCN(C)C(=O)Oc1ccc2c(c1)C=CC2. The summed E-state index contributed by atoms with van der Waals surface area (Å²) < 4.78 is 5.25. The molecule has 0 unspecified atom stereocenters. The molecule has 3 nitrogen and oxygen atoms in total. The molecule has 16 heavy (non-hydrogen) atoms. The summed E-state index contributed by atoms with van der Waals surface area (Å²) in [4.78, 5) is 13.1. The normalized spacial score (nSPS) is 12.4. The lowest BCUT2D eigenvalue weighted by Crippen LogP contribution is -2.29. The van der Waals surface area contributed by atoms with Gasteiger partial charge in [0.2, 0.25) is 0 Å². The van der Waals surface area contributed by atoms with Crippen molar-refractivity contribution in [1.29, 1.82) is 0 Å². The summed E-state index contributed by atoms with van der Waals surface area (Å²) in [6.07, 6.45) is 4.81. The molecule has 0 atom stereocenters. The smallest absolute Gasteiger partial charge is 0.410 e. The molecule has 0 fully saturated rings. The maximum Gasteiger partial charge on any atom is 0.414 e. The second-order valence-corrected chi connectivity index (χ2v) is 3.85. The van der Waals surface area contributed by atoms with Gasteiger partial charge < -0.3 is 9.64 Å². The highest BCUT2D eigenvalue weighted by atomic mass is 16.6. The molecule has 1 aromatic rings. The minimum atomic E-state index is -0.315. The summed E-state index contributed by atoms with van der Waals surface area (Å²) in [6.45, 7) is 2.55. The third-order valence-corrected chi connectivity index (χ3v) is 2.74. The molecule has 0 spiro atoms. The Morgan fingerprint density at radius 1 is 1.50 bits per heavy atom. The van der Waals surface area contributed by atoms with Crippen molar-refractivity contribution < 1.29 is 9.53 Å². The summed E-state index contributed by atoms with van der Waals surface area (Å²) in [6, 6.07) is 5.75. The van der Waals surface area contributed by atoms with E-state index in [0.29, 0.717) is 12.3 Å². The molecule has 1 aromatic carbocycles. The number of amides is 1. The van der Waals surface area contributed by atoms with Crippen molar-refractivity contribution >= 4 is 12.2 Å². The van der Waals surface area contributed by atoms with Crippen molar-refractivity contribution in [3.05, 3.63) is 35.4 Å². The van der Waals surface area contributed by atoms with E-state index in [2.05, 4.69) is 12.2 Å². The Kier molecular flexibility index (Phi) is 2.95. The van der Waals surface area contributed by atoms with Crippen LogP contribution in [0.1, 0.15) is 18.1 Å². The van der Waals surface area contributed by atoms with Crippen LogP contribution in [0.5, 0.6) is 5.75 Å². The van der Waals surface area contributed by atoms with Gasteiger partial charge in [-0.2, -0.15) is 0 Å². The zero-order valence-corrected chi connectivity index (χ0v) is 9.56. The van der Waals surface area contributed by atoms with Gasteiger partial charge >= 0.3 is 6.09 Å². The van der Waals surface area contributed by atoms with Gasteiger partial charge in [0.15, 0.2) is 0 Å². The number of hydrogen-bond donors (Lipinski definition) is 0. The second-order valence-electron chi connectivity index (χ2n) is 3.85. The van der Waals surface area contributed by atoms with Crippen LogP contribution in [0.2, 0.25) is 0 Å². The average molecular weight is 217 g/mol. The van der Waals surface area contributed by atoms with Crippen molar-refractivity contribution in [2.75, 3.05) is 13.6 Å². The molecule has 0 aliphatic heterocycles. The molecule has 1 amide bonds. The van der Waals surface area contributed by atoms with E-state index in [4.69, 9.17) is 4.74 Å². The highest BCUT2D eigenvalue weighted by molar-refractivity contribution is 5.71. The van der Waals surface area contributed by atoms with E-state index in [1.165, 1.54) is 10.5 Å². The van der Waals surface area contributed by atoms with Gasteiger partial charge in [-0.15, -0.1) is 0 Å². The van der Waals surface area contributed by atoms with Crippen LogP contribution in [0.3, 0.4) is 0 Å². The van der Waals surface area contributed by atoms with E-state index in [1.807, 2.05) is 25.1 Å². The molecular formula is C13H15NO2. The van der Waals surface area contributed by atoms with Gasteiger partial charge in [-0.25, -0.2) is 4.79 Å². The number of ether oxygens (including phenoxy) is 1. The average Bonchev–Trinajstić information content (AvgIpc) is 2.75.